The molecule has 0 saturated carbocycles. The predicted octanol–water partition coefficient (Wildman–Crippen LogP) is 4.23. The molecule has 0 fully saturated rings. The third kappa shape index (κ3) is 6.15. The lowest BCUT2D eigenvalue weighted by Gasteiger charge is -2.30. The molecule has 0 radical (unpaired) electrons. The molecule has 0 bridgehead atoms. The second-order valence-electron chi connectivity index (χ2n) is 6.40. The number of benzene rings is 1. The fraction of sp³-hybridized carbons (Fsp3) is 0.667. The lowest BCUT2D eigenvalue weighted by Crippen LogP contribution is -2.37. The van der Waals surface area contributed by atoms with Gasteiger partial charge in [-0.3, -0.25) is 0 Å². The highest BCUT2D eigenvalue weighted by molar-refractivity contribution is 5.21. The Bertz CT molecular complexity index is 404. The first kappa shape index (κ1) is 18.1. The maximum atomic E-state index is 14.0. The second-order valence-corrected chi connectivity index (χ2v) is 6.40. The molecule has 2 nitrogen and oxygen atoms in total. The van der Waals surface area contributed by atoms with Crippen molar-refractivity contribution in [1.82, 2.24) is 10.2 Å². The molecule has 0 aliphatic rings. The van der Waals surface area contributed by atoms with Crippen molar-refractivity contribution in [2.75, 3.05) is 19.6 Å². The minimum Gasteiger partial charge on any atom is -0.310 e. The van der Waals surface area contributed by atoms with Gasteiger partial charge in [-0.25, -0.2) is 4.39 Å². The average molecular weight is 294 g/mol. The van der Waals surface area contributed by atoms with E-state index in [1.807, 2.05) is 12.1 Å². The van der Waals surface area contributed by atoms with Crippen molar-refractivity contribution >= 4 is 0 Å². The minimum absolute atomic E-state index is 0.0876. The normalized spacial score (nSPS) is 13.4. The maximum Gasteiger partial charge on any atom is 0.127 e. The van der Waals surface area contributed by atoms with Crippen LogP contribution in [0.5, 0.6) is 0 Å². The molecule has 0 aromatic heterocycles. The first-order valence-electron chi connectivity index (χ1n) is 8.17. The Kier molecular flexibility index (Phi) is 7.91. The molecule has 1 N–H and O–H groups in total. The van der Waals surface area contributed by atoms with Crippen molar-refractivity contribution in [3.8, 4) is 0 Å². The number of hydrogen-bond acceptors (Lipinski definition) is 2. The SMILES string of the molecule is CCNC(CCN(CC(C)C)C(C)C)c1ccccc1F. The standard InChI is InChI=1S/C18H31FN2/c1-6-20-18(16-9-7-8-10-17(16)19)11-12-21(15(4)5)13-14(2)3/h7-10,14-15,18,20H,6,11-13H2,1-5H3. The van der Waals surface area contributed by atoms with Crippen LogP contribution in [0.15, 0.2) is 24.3 Å². The monoisotopic (exact) mass is 294 g/mol. The summed E-state index contributed by atoms with van der Waals surface area (Å²) in [7, 11) is 0. The van der Waals surface area contributed by atoms with Crippen LogP contribution in [0.25, 0.3) is 0 Å². The van der Waals surface area contributed by atoms with Gasteiger partial charge in [0.05, 0.1) is 0 Å². The van der Waals surface area contributed by atoms with E-state index in [1.54, 1.807) is 12.1 Å². The van der Waals surface area contributed by atoms with Crippen molar-refractivity contribution in [3.63, 3.8) is 0 Å². The molecule has 1 unspecified atom stereocenters. The smallest absolute Gasteiger partial charge is 0.127 e. The lowest BCUT2D eigenvalue weighted by molar-refractivity contribution is 0.187. The van der Waals surface area contributed by atoms with Crippen LogP contribution >= 0.6 is 0 Å². The van der Waals surface area contributed by atoms with Crippen LogP contribution in [0.4, 0.5) is 4.39 Å². The fourth-order valence-corrected chi connectivity index (χ4v) is 2.70. The molecule has 0 heterocycles. The molecular weight excluding hydrogens is 263 g/mol. The third-order valence-electron chi connectivity index (χ3n) is 3.77. The van der Waals surface area contributed by atoms with Crippen molar-refractivity contribution < 1.29 is 4.39 Å². The van der Waals surface area contributed by atoms with E-state index in [0.29, 0.717) is 12.0 Å². The summed E-state index contributed by atoms with van der Waals surface area (Å²) < 4.78 is 14.0. The van der Waals surface area contributed by atoms with Crippen molar-refractivity contribution in [1.29, 1.82) is 0 Å². The Morgan fingerprint density at radius 3 is 2.33 bits per heavy atom. The third-order valence-corrected chi connectivity index (χ3v) is 3.77. The Labute approximate surface area is 129 Å². The van der Waals surface area contributed by atoms with E-state index in [9.17, 15) is 4.39 Å². The van der Waals surface area contributed by atoms with E-state index < -0.39 is 0 Å². The van der Waals surface area contributed by atoms with Gasteiger partial charge in [0.25, 0.3) is 0 Å². The van der Waals surface area contributed by atoms with Crippen molar-refractivity contribution in [2.24, 2.45) is 5.92 Å². The Morgan fingerprint density at radius 1 is 1.14 bits per heavy atom. The van der Waals surface area contributed by atoms with Gasteiger partial charge >= 0.3 is 0 Å². The van der Waals surface area contributed by atoms with Gasteiger partial charge in [-0.05, 0) is 38.8 Å². The largest absolute Gasteiger partial charge is 0.310 e. The first-order chi connectivity index (χ1) is 9.95. The van der Waals surface area contributed by atoms with Crippen LogP contribution in [0, 0.1) is 11.7 Å². The van der Waals surface area contributed by atoms with E-state index in [-0.39, 0.29) is 11.9 Å². The molecule has 0 spiro atoms. The highest BCUT2D eigenvalue weighted by Crippen LogP contribution is 2.21. The number of rotatable bonds is 9. The number of nitrogens with one attached hydrogen (secondary N) is 1. The van der Waals surface area contributed by atoms with E-state index in [0.717, 1.165) is 31.6 Å². The van der Waals surface area contributed by atoms with Gasteiger partial charge in [0, 0.05) is 30.7 Å². The summed E-state index contributed by atoms with van der Waals surface area (Å²) in [5.41, 5.74) is 0.785. The number of nitrogens with zero attached hydrogens (tertiary/aromatic N) is 1. The fourth-order valence-electron chi connectivity index (χ4n) is 2.70. The van der Waals surface area contributed by atoms with Gasteiger partial charge in [-0.15, -0.1) is 0 Å². The molecule has 1 atom stereocenters. The first-order valence-corrected chi connectivity index (χ1v) is 8.17. The van der Waals surface area contributed by atoms with Gasteiger partial charge in [-0.2, -0.15) is 0 Å². The Morgan fingerprint density at radius 2 is 1.81 bits per heavy atom. The molecule has 1 rings (SSSR count). The van der Waals surface area contributed by atoms with Gasteiger partial charge in [0.2, 0.25) is 0 Å². The average Bonchev–Trinajstić information content (AvgIpc) is 2.42. The summed E-state index contributed by atoms with van der Waals surface area (Å²) in [6, 6.07) is 7.72. The Hall–Kier alpha value is -0.930. The summed E-state index contributed by atoms with van der Waals surface area (Å²) in [5, 5.41) is 3.42. The summed E-state index contributed by atoms with van der Waals surface area (Å²) >= 11 is 0. The predicted molar refractivity (Wildman–Crippen MR) is 89.0 cm³/mol. The molecular formula is C18H31FN2. The van der Waals surface area contributed by atoms with Crippen molar-refractivity contribution in [2.45, 2.75) is 53.1 Å². The maximum absolute atomic E-state index is 14.0. The zero-order chi connectivity index (χ0) is 15.8. The summed E-state index contributed by atoms with van der Waals surface area (Å²) in [4.78, 5) is 2.48. The van der Waals surface area contributed by atoms with E-state index in [2.05, 4.69) is 44.8 Å². The van der Waals surface area contributed by atoms with Gasteiger partial charge in [0.15, 0.2) is 0 Å². The van der Waals surface area contributed by atoms with E-state index in [4.69, 9.17) is 0 Å². The van der Waals surface area contributed by atoms with E-state index >= 15 is 0 Å². The van der Waals surface area contributed by atoms with Crippen LogP contribution < -0.4 is 5.32 Å². The van der Waals surface area contributed by atoms with Crippen LogP contribution in [0.1, 0.15) is 52.6 Å². The van der Waals surface area contributed by atoms with Crippen molar-refractivity contribution in [3.05, 3.63) is 35.6 Å². The lowest BCUT2D eigenvalue weighted by atomic mass is 10.0. The summed E-state index contributed by atoms with van der Waals surface area (Å²) in [6.45, 7) is 14.0. The zero-order valence-corrected chi connectivity index (χ0v) is 14.2. The van der Waals surface area contributed by atoms with Crippen LogP contribution in [0.2, 0.25) is 0 Å². The van der Waals surface area contributed by atoms with Crippen LogP contribution in [-0.2, 0) is 0 Å². The van der Waals surface area contributed by atoms with Gasteiger partial charge in [0.1, 0.15) is 5.82 Å². The van der Waals surface area contributed by atoms with Crippen LogP contribution in [-0.4, -0.2) is 30.6 Å². The number of halogens is 1. The molecule has 0 aliphatic heterocycles. The quantitative estimate of drug-likeness (QED) is 0.733. The molecule has 0 saturated heterocycles. The highest BCUT2D eigenvalue weighted by Gasteiger charge is 2.17. The molecule has 0 aliphatic carbocycles. The molecule has 0 amide bonds. The minimum atomic E-state index is -0.108. The second kappa shape index (κ2) is 9.16. The molecule has 3 heteroatoms. The number of hydrogen-bond donors (Lipinski definition) is 1. The van der Waals surface area contributed by atoms with Crippen LogP contribution in [0.3, 0.4) is 0 Å². The Balaban J connectivity index is 2.72. The summed E-state index contributed by atoms with van der Waals surface area (Å²) in [5.74, 6) is 0.543. The highest BCUT2D eigenvalue weighted by atomic mass is 19.1. The van der Waals surface area contributed by atoms with E-state index in [1.165, 1.54) is 0 Å². The molecule has 1 aromatic carbocycles. The van der Waals surface area contributed by atoms with Gasteiger partial charge < -0.3 is 10.2 Å². The summed E-state index contributed by atoms with van der Waals surface area (Å²) in [6.07, 6.45) is 0.930. The molecule has 21 heavy (non-hydrogen) atoms. The van der Waals surface area contributed by atoms with Gasteiger partial charge in [-0.1, -0.05) is 39.0 Å². The zero-order valence-electron chi connectivity index (χ0n) is 14.2. The topological polar surface area (TPSA) is 15.3 Å². The molecule has 120 valence electrons. The molecule has 1 aromatic rings.